The van der Waals surface area contributed by atoms with Crippen LogP contribution in [0.5, 0.6) is 0 Å². The van der Waals surface area contributed by atoms with Gasteiger partial charge >= 0.3 is 191 Å². The second kappa shape index (κ2) is 12.0. The van der Waals surface area contributed by atoms with Gasteiger partial charge in [0.2, 0.25) is 0 Å². The molecule has 28 heavy (non-hydrogen) atoms. The van der Waals surface area contributed by atoms with Crippen LogP contribution in [0, 0.1) is 0 Å². The van der Waals surface area contributed by atoms with Gasteiger partial charge in [-0.2, -0.15) is 0 Å². The average Bonchev–Trinajstić information content (AvgIpc) is 2.75. The fourth-order valence-corrected chi connectivity index (χ4v) is 10.9. The second-order valence-electron chi connectivity index (χ2n) is 6.50. The van der Waals surface area contributed by atoms with E-state index in [4.69, 9.17) is 14.8 Å². The molecule has 2 unspecified atom stereocenters. The molecule has 0 saturated carbocycles. The van der Waals surface area contributed by atoms with Crippen molar-refractivity contribution in [2.45, 2.75) is 20.1 Å². The zero-order valence-electron chi connectivity index (χ0n) is 15.6. The van der Waals surface area contributed by atoms with Gasteiger partial charge in [-0.05, 0) is 0 Å². The van der Waals surface area contributed by atoms with Gasteiger partial charge in [0.1, 0.15) is 0 Å². The number of hydrogen-bond donors (Lipinski definition) is 0. The number of benzene rings is 2. The van der Waals surface area contributed by atoms with Crippen LogP contribution in [0.1, 0.15) is 20.7 Å². The predicted molar refractivity (Wildman–Crippen MR) is 92.8 cm³/mol. The van der Waals surface area contributed by atoms with E-state index in [1.807, 2.05) is 36.4 Å². The third kappa shape index (κ3) is 7.21. The Balaban J connectivity index is 1.34. The summed E-state index contributed by atoms with van der Waals surface area (Å²) in [5.74, 6) is -0.472. The van der Waals surface area contributed by atoms with Crippen LogP contribution in [-0.2, 0) is 64.8 Å². The molecule has 0 radical (unpaired) electrons. The van der Waals surface area contributed by atoms with Crippen LogP contribution in [0.3, 0.4) is 0 Å². The number of rotatable bonds is 8. The van der Waals surface area contributed by atoms with E-state index in [2.05, 4.69) is 0 Å². The zero-order chi connectivity index (χ0) is 19.6. The SMILES string of the molecule is O=C([O][Hg][CH2]C1COCC([CH2][Hg][O]C(=O)c2ccccc2)O1)c1ccccc1. The summed E-state index contributed by atoms with van der Waals surface area (Å²) in [4.78, 5) is 24.0. The predicted octanol–water partition coefficient (Wildman–Crippen LogP) is 3.32. The fourth-order valence-electron chi connectivity index (χ4n) is 2.87. The zero-order valence-corrected chi connectivity index (χ0v) is 26.6. The van der Waals surface area contributed by atoms with Crippen molar-refractivity contribution in [1.29, 1.82) is 0 Å². The maximum atomic E-state index is 12.0. The van der Waals surface area contributed by atoms with Gasteiger partial charge in [0.25, 0.3) is 0 Å². The van der Waals surface area contributed by atoms with E-state index in [1.165, 1.54) is 0 Å². The van der Waals surface area contributed by atoms with Gasteiger partial charge in [0, 0.05) is 0 Å². The molecule has 1 aliphatic rings. The Labute approximate surface area is 190 Å². The first-order valence-electron chi connectivity index (χ1n) is 9.40. The number of ether oxygens (including phenoxy) is 2. The van der Waals surface area contributed by atoms with Gasteiger partial charge < -0.3 is 0 Å². The Morgan fingerprint density at radius 1 is 0.786 bits per heavy atom. The molecule has 1 heterocycles. The Morgan fingerprint density at radius 3 is 1.64 bits per heavy atom. The molecule has 8 heteroatoms. The van der Waals surface area contributed by atoms with E-state index in [0.29, 0.717) is 24.3 Å². The van der Waals surface area contributed by atoms with Gasteiger partial charge in [0.05, 0.1) is 0 Å². The van der Waals surface area contributed by atoms with Crippen LogP contribution in [0.4, 0.5) is 0 Å². The van der Waals surface area contributed by atoms with Crippen molar-refractivity contribution >= 4 is 11.9 Å². The molecule has 0 amide bonds. The molecule has 0 aromatic heterocycles. The molecule has 2 aromatic rings. The normalized spacial score (nSPS) is 18.4. The Bertz CT molecular complexity index is 692. The van der Waals surface area contributed by atoms with E-state index in [1.54, 1.807) is 24.3 Å². The van der Waals surface area contributed by atoms with Crippen molar-refractivity contribution in [2.75, 3.05) is 13.2 Å². The molecule has 3 rings (SSSR count). The number of carbonyl (C=O) groups is 2. The van der Waals surface area contributed by atoms with Gasteiger partial charge in [0.15, 0.2) is 0 Å². The topological polar surface area (TPSA) is 71.1 Å². The molecule has 1 saturated heterocycles. The molecule has 1 aliphatic heterocycles. The van der Waals surface area contributed by atoms with Crippen LogP contribution in [0.15, 0.2) is 60.7 Å². The third-order valence-corrected chi connectivity index (χ3v) is 14.8. The minimum atomic E-state index is -1.83. The summed E-state index contributed by atoms with van der Waals surface area (Å²) in [6, 6.07) is 18.1. The third-order valence-electron chi connectivity index (χ3n) is 4.36. The molecule has 6 nitrogen and oxygen atoms in total. The summed E-state index contributed by atoms with van der Waals surface area (Å²) < 4.78 is 24.4. The maximum absolute atomic E-state index is 12.0. The first-order valence-corrected chi connectivity index (χ1v) is 21.7. The first kappa shape index (κ1) is 21.9. The summed E-state index contributed by atoms with van der Waals surface area (Å²) >= 11 is -3.65. The summed E-state index contributed by atoms with van der Waals surface area (Å²) in [5, 5.41) is 0. The molecule has 0 spiro atoms. The molecular formula is C20H20Hg2O6. The standard InChI is InChI=1S/2C7H6O2.C6H10O2.2Hg/c2*8-7(9)6-4-2-1-3-5-6;1-5-3-7-4-6(2)8-5;;/h2*1-5H,(H,8,9);5-6H,1-4H2;;/q;;;2*+1/p-2. The van der Waals surface area contributed by atoms with Crippen LogP contribution < -0.4 is 0 Å². The Hall–Kier alpha value is -0.830. The van der Waals surface area contributed by atoms with Crippen molar-refractivity contribution in [1.82, 2.24) is 0 Å². The van der Waals surface area contributed by atoms with E-state index in [-0.39, 0.29) is 24.1 Å². The van der Waals surface area contributed by atoms with Crippen molar-refractivity contribution in [3.63, 3.8) is 0 Å². The summed E-state index contributed by atoms with van der Waals surface area (Å²) in [7, 11) is 0. The summed E-state index contributed by atoms with van der Waals surface area (Å²) in [5.41, 5.74) is 1.19. The molecule has 2 aromatic carbocycles. The molecule has 1 fully saturated rings. The van der Waals surface area contributed by atoms with Gasteiger partial charge in [-0.25, -0.2) is 0 Å². The minimum absolute atomic E-state index is 0.0118. The van der Waals surface area contributed by atoms with Crippen molar-refractivity contribution < 1.29 is 74.4 Å². The van der Waals surface area contributed by atoms with Crippen LogP contribution in [0.2, 0.25) is 7.86 Å². The van der Waals surface area contributed by atoms with Gasteiger partial charge in [-0.15, -0.1) is 0 Å². The van der Waals surface area contributed by atoms with Crippen LogP contribution in [0.25, 0.3) is 0 Å². The summed E-state index contributed by atoms with van der Waals surface area (Å²) in [6.07, 6.45) is -0.0237. The molecule has 0 aliphatic carbocycles. The van der Waals surface area contributed by atoms with Crippen LogP contribution >= 0.6 is 0 Å². The summed E-state index contributed by atoms with van der Waals surface area (Å²) in [6.45, 7) is 1.08. The average molecular weight is 758 g/mol. The van der Waals surface area contributed by atoms with Crippen LogP contribution in [-0.4, -0.2) is 37.4 Å². The second-order valence-corrected chi connectivity index (χ2v) is 16.4. The fraction of sp³-hybridized carbons (Fsp3) is 0.300. The monoisotopic (exact) mass is 760 g/mol. The van der Waals surface area contributed by atoms with Gasteiger partial charge in [-0.3, -0.25) is 0 Å². The van der Waals surface area contributed by atoms with Gasteiger partial charge in [-0.1, -0.05) is 0 Å². The van der Waals surface area contributed by atoms with Crippen molar-refractivity contribution in [2.24, 2.45) is 0 Å². The molecule has 0 bridgehead atoms. The van der Waals surface area contributed by atoms with E-state index >= 15 is 0 Å². The van der Waals surface area contributed by atoms with E-state index in [9.17, 15) is 9.59 Å². The van der Waals surface area contributed by atoms with E-state index < -0.39 is 50.1 Å². The molecule has 2 atom stereocenters. The molecular weight excluding hydrogens is 737 g/mol. The number of hydrogen-bond acceptors (Lipinski definition) is 6. The van der Waals surface area contributed by atoms with Crippen molar-refractivity contribution in [3.05, 3.63) is 71.8 Å². The number of carbonyl (C=O) groups excluding carboxylic acids is 2. The Morgan fingerprint density at radius 2 is 1.21 bits per heavy atom. The first-order chi connectivity index (χ1) is 13.7. The molecule has 0 N–H and O–H groups in total. The molecule has 140 valence electrons. The Kier molecular flexibility index (Phi) is 9.37. The van der Waals surface area contributed by atoms with Crippen molar-refractivity contribution in [3.8, 4) is 0 Å². The van der Waals surface area contributed by atoms with E-state index in [0.717, 1.165) is 7.86 Å². The quantitative estimate of drug-likeness (QED) is 0.386.